The fraction of sp³-hybridized carbons (Fsp3) is 0.300. The number of carbonyl (C=O) groups excluding carboxylic acids is 2. The van der Waals surface area contributed by atoms with Crippen LogP contribution in [-0.2, 0) is 6.18 Å². The summed E-state index contributed by atoms with van der Waals surface area (Å²) >= 11 is 0. The Bertz CT molecular complexity index is 871. The van der Waals surface area contributed by atoms with Gasteiger partial charge in [-0.3, -0.25) is 4.79 Å². The highest BCUT2D eigenvalue weighted by Gasteiger charge is 2.30. The minimum absolute atomic E-state index is 0.00717. The van der Waals surface area contributed by atoms with Crippen molar-refractivity contribution in [3.05, 3.63) is 59.7 Å². The molecule has 6 nitrogen and oxygen atoms in total. The Morgan fingerprint density at radius 3 is 2.24 bits per heavy atom. The number of carbonyl (C=O) groups is 2. The van der Waals surface area contributed by atoms with Crippen LogP contribution in [0.25, 0.3) is 0 Å². The topological polar surface area (TPSA) is 90.5 Å². The van der Waals surface area contributed by atoms with Crippen molar-refractivity contribution in [2.45, 2.75) is 26.1 Å². The first-order valence-electron chi connectivity index (χ1n) is 8.87. The summed E-state index contributed by atoms with van der Waals surface area (Å²) in [6.07, 6.45) is -4.51. The fourth-order valence-corrected chi connectivity index (χ4v) is 2.39. The molecule has 2 unspecified atom stereocenters. The van der Waals surface area contributed by atoms with Gasteiger partial charge in [0, 0.05) is 29.6 Å². The Kier molecular flexibility index (Phi) is 7.22. The molecule has 2 aromatic rings. The Balaban J connectivity index is 2.05. The second-order valence-electron chi connectivity index (χ2n) is 6.66. The van der Waals surface area contributed by atoms with E-state index in [1.165, 1.54) is 30.3 Å². The molecule has 3 amide bonds. The maximum Gasteiger partial charge on any atom is 0.416 e. The van der Waals surface area contributed by atoms with Crippen molar-refractivity contribution in [1.82, 2.24) is 5.32 Å². The van der Waals surface area contributed by atoms with E-state index in [4.69, 9.17) is 5.11 Å². The molecule has 2 aromatic carbocycles. The predicted molar refractivity (Wildman–Crippen MR) is 104 cm³/mol. The molecule has 29 heavy (non-hydrogen) atoms. The van der Waals surface area contributed by atoms with Crippen LogP contribution in [0, 0.1) is 5.92 Å². The van der Waals surface area contributed by atoms with Crippen LogP contribution in [0.3, 0.4) is 0 Å². The van der Waals surface area contributed by atoms with E-state index in [2.05, 4.69) is 16.0 Å². The quantitative estimate of drug-likeness (QED) is 0.579. The normalized spacial score (nSPS) is 13.3. The van der Waals surface area contributed by atoms with Gasteiger partial charge in [0.15, 0.2) is 0 Å². The summed E-state index contributed by atoms with van der Waals surface area (Å²) < 4.78 is 38.4. The van der Waals surface area contributed by atoms with Crippen molar-refractivity contribution in [3.8, 4) is 0 Å². The number of nitrogens with one attached hydrogen (secondary N) is 3. The van der Waals surface area contributed by atoms with Crippen molar-refractivity contribution < 1.29 is 27.9 Å². The summed E-state index contributed by atoms with van der Waals surface area (Å²) in [5.41, 5.74) is -0.360. The smallest absolute Gasteiger partial charge is 0.396 e. The van der Waals surface area contributed by atoms with Crippen LogP contribution in [0.1, 0.15) is 29.8 Å². The molecule has 2 rings (SSSR count). The number of halogens is 3. The number of urea groups is 1. The second-order valence-corrected chi connectivity index (χ2v) is 6.66. The third-order valence-corrected chi connectivity index (χ3v) is 4.33. The molecule has 2 atom stereocenters. The third kappa shape index (κ3) is 6.49. The Morgan fingerprint density at radius 1 is 1.00 bits per heavy atom. The summed E-state index contributed by atoms with van der Waals surface area (Å²) in [4.78, 5) is 24.4. The lowest BCUT2D eigenvalue weighted by molar-refractivity contribution is -0.137. The zero-order chi connectivity index (χ0) is 21.6. The maximum atomic E-state index is 12.8. The molecule has 0 saturated heterocycles. The van der Waals surface area contributed by atoms with Crippen molar-refractivity contribution in [1.29, 1.82) is 0 Å². The van der Waals surface area contributed by atoms with E-state index in [-0.39, 0.29) is 29.8 Å². The number of rotatable bonds is 6. The highest BCUT2D eigenvalue weighted by atomic mass is 19.4. The molecule has 156 valence electrons. The van der Waals surface area contributed by atoms with Crippen LogP contribution >= 0.6 is 0 Å². The minimum atomic E-state index is -4.51. The van der Waals surface area contributed by atoms with E-state index in [9.17, 15) is 22.8 Å². The summed E-state index contributed by atoms with van der Waals surface area (Å²) in [7, 11) is 0. The molecule has 0 aliphatic heterocycles. The molecular formula is C20H22F3N3O3. The van der Waals surface area contributed by atoms with Crippen molar-refractivity contribution in [2.75, 3.05) is 17.2 Å². The van der Waals surface area contributed by atoms with E-state index in [1.54, 1.807) is 19.9 Å². The monoisotopic (exact) mass is 409 g/mol. The van der Waals surface area contributed by atoms with Crippen molar-refractivity contribution >= 4 is 23.3 Å². The molecule has 4 N–H and O–H groups in total. The first kappa shape index (κ1) is 22.2. The molecule has 0 aliphatic carbocycles. The Morgan fingerprint density at radius 2 is 1.62 bits per heavy atom. The van der Waals surface area contributed by atoms with Crippen LogP contribution in [0.5, 0.6) is 0 Å². The number of benzene rings is 2. The van der Waals surface area contributed by atoms with Gasteiger partial charge >= 0.3 is 12.2 Å². The molecule has 0 radical (unpaired) electrons. The SMILES string of the molecule is CC(CO)C(C)NC(=O)Nc1cccc(C(=O)Nc2cccc(C(F)(F)F)c2)c1. The first-order valence-corrected chi connectivity index (χ1v) is 8.87. The number of aliphatic hydroxyl groups excluding tert-OH is 1. The number of hydrogen-bond acceptors (Lipinski definition) is 3. The minimum Gasteiger partial charge on any atom is -0.396 e. The van der Waals surface area contributed by atoms with Crippen LogP contribution in [-0.4, -0.2) is 29.7 Å². The van der Waals surface area contributed by atoms with Gasteiger partial charge in [-0.2, -0.15) is 13.2 Å². The lowest BCUT2D eigenvalue weighted by atomic mass is 10.1. The first-order chi connectivity index (χ1) is 13.6. The van der Waals surface area contributed by atoms with Gasteiger partial charge in [0.1, 0.15) is 0 Å². The maximum absolute atomic E-state index is 12.8. The van der Waals surface area contributed by atoms with Crippen molar-refractivity contribution in [2.24, 2.45) is 5.92 Å². The number of aliphatic hydroxyl groups is 1. The van der Waals surface area contributed by atoms with Gasteiger partial charge in [-0.1, -0.05) is 19.1 Å². The highest BCUT2D eigenvalue weighted by Crippen LogP contribution is 2.30. The molecule has 0 fully saturated rings. The van der Waals surface area contributed by atoms with E-state index in [0.29, 0.717) is 5.69 Å². The zero-order valence-electron chi connectivity index (χ0n) is 15.9. The fourth-order valence-electron chi connectivity index (χ4n) is 2.39. The lowest BCUT2D eigenvalue weighted by Gasteiger charge is -2.19. The summed E-state index contributed by atoms with van der Waals surface area (Å²) in [6.45, 7) is 3.45. The Labute approximate surface area is 166 Å². The van der Waals surface area contributed by atoms with E-state index < -0.39 is 23.7 Å². The molecule has 0 bridgehead atoms. The summed E-state index contributed by atoms with van der Waals surface area (Å²) in [5, 5.41) is 16.8. The zero-order valence-corrected chi connectivity index (χ0v) is 15.9. The van der Waals surface area contributed by atoms with Crippen LogP contribution < -0.4 is 16.0 Å². The van der Waals surface area contributed by atoms with Crippen LogP contribution in [0.2, 0.25) is 0 Å². The molecular weight excluding hydrogens is 387 g/mol. The van der Waals surface area contributed by atoms with Gasteiger partial charge in [0.05, 0.1) is 5.56 Å². The molecule has 0 heterocycles. The van der Waals surface area contributed by atoms with Gasteiger partial charge in [-0.05, 0) is 49.2 Å². The molecule has 0 spiro atoms. The van der Waals surface area contributed by atoms with Gasteiger partial charge in [-0.25, -0.2) is 4.79 Å². The number of amides is 3. The van der Waals surface area contributed by atoms with Crippen LogP contribution in [0.4, 0.5) is 29.3 Å². The second kappa shape index (κ2) is 9.42. The predicted octanol–water partition coefficient (Wildman–Crippen LogP) is 4.10. The highest BCUT2D eigenvalue weighted by molar-refractivity contribution is 6.05. The van der Waals surface area contributed by atoms with E-state index >= 15 is 0 Å². The van der Waals surface area contributed by atoms with Crippen molar-refractivity contribution in [3.63, 3.8) is 0 Å². The molecule has 9 heteroatoms. The van der Waals surface area contributed by atoms with Gasteiger partial charge < -0.3 is 21.1 Å². The average molecular weight is 409 g/mol. The number of hydrogen-bond donors (Lipinski definition) is 4. The molecule has 0 aliphatic rings. The number of anilines is 2. The van der Waals surface area contributed by atoms with Gasteiger partial charge in [0.25, 0.3) is 5.91 Å². The largest absolute Gasteiger partial charge is 0.416 e. The van der Waals surface area contributed by atoms with Gasteiger partial charge in [-0.15, -0.1) is 0 Å². The molecule has 0 saturated carbocycles. The average Bonchev–Trinajstić information content (AvgIpc) is 2.66. The van der Waals surface area contributed by atoms with Crippen LogP contribution in [0.15, 0.2) is 48.5 Å². The van der Waals surface area contributed by atoms with Gasteiger partial charge in [0.2, 0.25) is 0 Å². The summed E-state index contributed by atoms with van der Waals surface area (Å²) in [6, 6.07) is 9.53. The Hall–Kier alpha value is -3.07. The number of alkyl halides is 3. The standard InChI is InChI=1S/C20H22F3N3O3/c1-12(11-27)13(2)24-19(29)26-16-7-3-5-14(9-16)18(28)25-17-8-4-6-15(10-17)20(21,22)23/h3-10,12-13,27H,11H2,1-2H3,(H,25,28)(H2,24,26,29). The van der Waals surface area contributed by atoms with E-state index in [0.717, 1.165) is 12.1 Å². The third-order valence-electron chi connectivity index (χ3n) is 4.33. The van der Waals surface area contributed by atoms with E-state index in [1.807, 2.05) is 0 Å². The summed E-state index contributed by atoms with van der Waals surface area (Å²) in [5.74, 6) is -0.749. The lowest BCUT2D eigenvalue weighted by Crippen LogP contribution is -2.40. The molecule has 0 aromatic heterocycles.